The van der Waals surface area contributed by atoms with E-state index >= 15 is 0 Å². The number of nitrogens with zero attached hydrogens (tertiary/aromatic N) is 6. The number of amides is 1. The molecule has 1 saturated heterocycles. The minimum Gasteiger partial charge on any atom is -0.444 e. The van der Waals surface area contributed by atoms with Crippen molar-refractivity contribution in [1.29, 1.82) is 0 Å². The van der Waals surface area contributed by atoms with Crippen LogP contribution in [0.5, 0.6) is 0 Å². The number of hydrogen-bond donors (Lipinski definition) is 0. The predicted molar refractivity (Wildman–Crippen MR) is 137 cm³/mol. The summed E-state index contributed by atoms with van der Waals surface area (Å²) >= 11 is 1.63. The maximum absolute atomic E-state index is 12.6. The first-order chi connectivity index (χ1) is 16.6. The molecular formula is C26H32N6O2S. The third-order valence-corrected chi connectivity index (χ3v) is 8.40. The van der Waals surface area contributed by atoms with Gasteiger partial charge < -0.3 is 9.64 Å². The van der Waals surface area contributed by atoms with Gasteiger partial charge in [0.1, 0.15) is 10.6 Å². The van der Waals surface area contributed by atoms with Crippen molar-refractivity contribution >= 4 is 33.3 Å². The summed E-state index contributed by atoms with van der Waals surface area (Å²) in [4.78, 5) is 20.4. The highest BCUT2D eigenvalue weighted by Gasteiger charge is 2.46. The third kappa shape index (κ3) is 4.09. The summed E-state index contributed by atoms with van der Waals surface area (Å²) in [7, 11) is 1.95. The number of ether oxygens (including phenoxy) is 1. The average molecular weight is 493 g/mol. The Hall–Kier alpha value is -2.94. The molecule has 2 atom stereocenters. The highest BCUT2D eigenvalue weighted by atomic mass is 32.1. The molecule has 35 heavy (non-hydrogen) atoms. The molecule has 1 saturated carbocycles. The van der Waals surface area contributed by atoms with Crippen LogP contribution in [0, 0.1) is 12.3 Å². The van der Waals surface area contributed by atoms with Crippen molar-refractivity contribution in [1.82, 2.24) is 29.3 Å². The lowest BCUT2D eigenvalue weighted by atomic mass is 9.84. The molecule has 0 unspecified atom stereocenters. The Bertz CT molecular complexity index is 1410. The molecule has 1 amide bonds. The van der Waals surface area contributed by atoms with Gasteiger partial charge in [-0.2, -0.15) is 10.2 Å². The third-order valence-electron chi connectivity index (χ3n) is 7.43. The topological polar surface area (TPSA) is 77.5 Å². The van der Waals surface area contributed by atoms with Crippen LogP contribution in [0.15, 0.2) is 24.5 Å². The van der Waals surface area contributed by atoms with Crippen molar-refractivity contribution in [3.8, 4) is 10.6 Å². The fourth-order valence-electron chi connectivity index (χ4n) is 5.83. The molecule has 6 rings (SSSR count). The minimum absolute atomic E-state index is 0.184. The zero-order chi connectivity index (χ0) is 24.5. The van der Waals surface area contributed by atoms with Crippen molar-refractivity contribution in [3.63, 3.8) is 0 Å². The van der Waals surface area contributed by atoms with Crippen LogP contribution in [-0.2, 0) is 11.8 Å². The van der Waals surface area contributed by atoms with E-state index in [0.717, 1.165) is 76.5 Å². The highest BCUT2D eigenvalue weighted by molar-refractivity contribution is 7.19. The Morgan fingerprint density at radius 3 is 2.80 bits per heavy atom. The second-order valence-electron chi connectivity index (χ2n) is 11.4. The normalized spacial score (nSPS) is 22.8. The summed E-state index contributed by atoms with van der Waals surface area (Å²) in [5, 5.41) is 11.5. The Morgan fingerprint density at radius 2 is 2.03 bits per heavy atom. The van der Waals surface area contributed by atoms with Crippen LogP contribution in [0.1, 0.15) is 63.6 Å². The molecule has 2 fully saturated rings. The summed E-state index contributed by atoms with van der Waals surface area (Å²) in [5.41, 5.74) is 4.15. The monoisotopic (exact) mass is 492 g/mol. The number of aryl methyl sites for hydroxylation is 2. The lowest BCUT2D eigenvalue weighted by molar-refractivity contribution is 0.0273. The van der Waals surface area contributed by atoms with Gasteiger partial charge in [-0.05, 0) is 76.5 Å². The minimum atomic E-state index is -0.457. The van der Waals surface area contributed by atoms with E-state index in [0.29, 0.717) is 5.92 Å². The summed E-state index contributed by atoms with van der Waals surface area (Å²) in [6.07, 6.45) is 8.32. The predicted octanol–water partition coefficient (Wildman–Crippen LogP) is 5.55. The molecule has 4 aromatic rings. The first-order valence-electron chi connectivity index (χ1n) is 12.4. The van der Waals surface area contributed by atoms with E-state index in [1.807, 2.05) is 48.1 Å². The SMILES string of the molecule is Cc1cc(-c2nn3cc([C@H]4CC[C@]5(CCN(C(=O)OC(C)(C)C)C5)C4)nc3s2)cc2cn(C)nc12. The van der Waals surface area contributed by atoms with Crippen molar-refractivity contribution in [2.45, 2.75) is 64.9 Å². The molecule has 0 bridgehead atoms. The molecule has 0 N–H and O–H groups in total. The smallest absolute Gasteiger partial charge is 0.410 e. The number of hydrogen-bond acceptors (Lipinski definition) is 6. The molecule has 1 aliphatic heterocycles. The zero-order valence-electron chi connectivity index (χ0n) is 21.0. The Kier molecular flexibility index (Phi) is 5.01. The number of carbonyl (C=O) groups excluding carboxylic acids is 1. The number of likely N-dealkylation sites (tertiary alicyclic amines) is 1. The van der Waals surface area contributed by atoms with E-state index in [1.54, 1.807) is 11.3 Å². The number of fused-ring (bicyclic) bond motifs is 2. The lowest BCUT2D eigenvalue weighted by Gasteiger charge is -2.27. The summed E-state index contributed by atoms with van der Waals surface area (Å²) in [6, 6.07) is 4.32. The summed E-state index contributed by atoms with van der Waals surface area (Å²) < 4.78 is 9.40. The van der Waals surface area contributed by atoms with Crippen molar-refractivity contribution < 1.29 is 9.53 Å². The molecule has 184 valence electrons. The maximum Gasteiger partial charge on any atom is 0.410 e. The second-order valence-corrected chi connectivity index (χ2v) is 12.4. The molecule has 1 spiro atoms. The van der Waals surface area contributed by atoms with Gasteiger partial charge in [-0.25, -0.2) is 14.3 Å². The van der Waals surface area contributed by atoms with Crippen LogP contribution >= 0.6 is 11.3 Å². The maximum atomic E-state index is 12.6. The zero-order valence-corrected chi connectivity index (χ0v) is 21.9. The van der Waals surface area contributed by atoms with Gasteiger partial charge in [0.25, 0.3) is 0 Å². The number of aromatic nitrogens is 5. The molecule has 0 radical (unpaired) electrons. The van der Waals surface area contributed by atoms with E-state index in [-0.39, 0.29) is 11.5 Å². The number of imidazole rings is 1. The number of benzene rings is 1. The second kappa shape index (κ2) is 7.78. The van der Waals surface area contributed by atoms with Crippen molar-refractivity contribution in [3.05, 3.63) is 35.8 Å². The van der Waals surface area contributed by atoms with Crippen molar-refractivity contribution in [2.75, 3.05) is 13.1 Å². The standard InChI is InChI=1S/C26H32N6O2S/c1-16-10-18(11-19-13-30(5)28-21(16)19)22-29-32-14-20(27-23(32)35-22)17-6-7-26(12-17)8-9-31(15-26)24(33)34-25(2,3)4/h10-11,13-14,17H,6-9,12,15H2,1-5H3/t17-,26-/m0/s1. The van der Waals surface area contributed by atoms with Gasteiger partial charge in [-0.3, -0.25) is 4.68 Å². The van der Waals surface area contributed by atoms with Crippen LogP contribution in [0.2, 0.25) is 0 Å². The first-order valence-corrected chi connectivity index (χ1v) is 13.2. The van der Waals surface area contributed by atoms with Crippen LogP contribution in [0.25, 0.3) is 26.4 Å². The van der Waals surface area contributed by atoms with Crippen LogP contribution in [0.3, 0.4) is 0 Å². The molecule has 1 aromatic carbocycles. The summed E-state index contributed by atoms with van der Waals surface area (Å²) in [5.74, 6) is 0.417. The van der Waals surface area contributed by atoms with Gasteiger partial charge in [-0.1, -0.05) is 11.3 Å². The largest absolute Gasteiger partial charge is 0.444 e. The van der Waals surface area contributed by atoms with E-state index in [4.69, 9.17) is 14.8 Å². The molecule has 8 nitrogen and oxygen atoms in total. The quantitative estimate of drug-likeness (QED) is 0.367. The van der Waals surface area contributed by atoms with E-state index in [9.17, 15) is 4.79 Å². The van der Waals surface area contributed by atoms with Gasteiger partial charge in [0.15, 0.2) is 0 Å². The first kappa shape index (κ1) is 22.5. The molecule has 9 heteroatoms. The van der Waals surface area contributed by atoms with Gasteiger partial charge >= 0.3 is 6.09 Å². The molecule has 2 aliphatic rings. The fraction of sp³-hybridized carbons (Fsp3) is 0.538. The van der Waals surface area contributed by atoms with Gasteiger partial charge in [-0.15, -0.1) is 0 Å². The van der Waals surface area contributed by atoms with Gasteiger partial charge in [0, 0.05) is 43.2 Å². The number of carbonyl (C=O) groups is 1. The molecule has 4 heterocycles. The Balaban J connectivity index is 1.18. The van der Waals surface area contributed by atoms with E-state index in [2.05, 4.69) is 30.4 Å². The molecular weight excluding hydrogens is 460 g/mol. The van der Waals surface area contributed by atoms with Gasteiger partial charge in [0.05, 0.1) is 17.4 Å². The van der Waals surface area contributed by atoms with E-state index in [1.165, 1.54) is 0 Å². The van der Waals surface area contributed by atoms with Crippen LogP contribution < -0.4 is 0 Å². The van der Waals surface area contributed by atoms with E-state index < -0.39 is 5.60 Å². The molecule has 3 aromatic heterocycles. The average Bonchev–Trinajstić information content (AvgIpc) is 3.55. The van der Waals surface area contributed by atoms with Gasteiger partial charge in [0.2, 0.25) is 4.96 Å². The lowest BCUT2D eigenvalue weighted by Crippen LogP contribution is -2.36. The Morgan fingerprint density at radius 1 is 1.20 bits per heavy atom. The Labute approximate surface area is 208 Å². The summed E-state index contributed by atoms with van der Waals surface area (Å²) in [6.45, 7) is 9.43. The highest BCUT2D eigenvalue weighted by Crippen LogP contribution is 2.51. The van der Waals surface area contributed by atoms with Crippen LogP contribution in [-0.4, -0.2) is 54.1 Å². The number of rotatable bonds is 2. The molecule has 1 aliphatic carbocycles. The fourth-order valence-corrected chi connectivity index (χ4v) is 6.71. The van der Waals surface area contributed by atoms with Crippen molar-refractivity contribution in [2.24, 2.45) is 12.5 Å². The van der Waals surface area contributed by atoms with Crippen LogP contribution in [0.4, 0.5) is 4.79 Å².